The molecule has 0 radical (unpaired) electrons. The normalized spacial score (nSPS) is 20.8. The first-order chi connectivity index (χ1) is 10.1. The number of nitrogens with two attached hydrogens (primary N) is 2. The van der Waals surface area contributed by atoms with Crippen LogP contribution in [0, 0.1) is 0 Å². The van der Waals surface area contributed by atoms with Gasteiger partial charge in [-0.25, -0.2) is 0 Å². The second-order valence-electron chi connectivity index (χ2n) is 5.18. The van der Waals surface area contributed by atoms with Crippen molar-refractivity contribution in [3.63, 3.8) is 0 Å². The van der Waals surface area contributed by atoms with Crippen LogP contribution >= 0.6 is 0 Å². The fourth-order valence-corrected chi connectivity index (χ4v) is 1.78. The fraction of sp³-hybridized carbons (Fsp3) is 0.333. The number of benzene rings is 1. The molecule has 5 N–H and O–H groups in total. The lowest BCUT2D eigenvalue weighted by molar-refractivity contribution is 0.287. The Kier molecular flexibility index (Phi) is 7.51. The SMILES string of the molecule is CCCCO.NC1=CCC(N)(C=Cc2ccccc2)C=C1. The standard InChI is InChI=1S/C14H16N2.C4H10O/c15-13-7-10-14(16,11-8-13)9-6-12-4-2-1-3-5-12;1-2-3-4-5/h1-10H,11,15-16H2;5H,2-4H2,1H3. The van der Waals surface area contributed by atoms with E-state index in [0.29, 0.717) is 6.61 Å². The maximum atomic E-state index is 8.07. The summed E-state index contributed by atoms with van der Waals surface area (Å²) in [7, 11) is 0. The predicted octanol–water partition coefficient (Wildman–Crippen LogP) is 2.98. The molecular weight excluding hydrogens is 260 g/mol. The van der Waals surface area contributed by atoms with E-state index in [2.05, 4.69) is 19.1 Å². The summed E-state index contributed by atoms with van der Waals surface area (Å²) in [6, 6.07) is 10.1. The van der Waals surface area contributed by atoms with Crippen molar-refractivity contribution in [3.05, 3.63) is 65.9 Å². The lowest BCUT2D eigenvalue weighted by Gasteiger charge is -2.23. The third-order valence-electron chi connectivity index (χ3n) is 3.17. The van der Waals surface area contributed by atoms with Crippen LogP contribution in [0.5, 0.6) is 0 Å². The van der Waals surface area contributed by atoms with Gasteiger partial charge < -0.3 is 16.6 Å². The smallest absolute Gasteiger partial charge is 0.0567 e. The first-order valence-corrected chi connectivity index (χ1v) is 7.38. The minimum absolute atomic E-state index is 0.344. The Balaban J connectivity index is 0.000000383. The molecule has 0 amide bonds. The van der Waals surface area contributed by atoms with E-state index in [1.807, 2.05) is 48.6 Å². The maximum absolute atomic E-state index is 8.07. The predicted molar refractivity (Wildman–Crippen MR) is 90.4 cm³/mol. The Morgan fingerprint density at radius 2 is 2.00 bits per heavy atom. The van der Waals surface area contributed by atoms with Crippen LogP contribution in [-0.4, -0.2) is 17.3 Å². The summed E-state index contributed by atoms with van der Waals surface area (Å²) in [4.78, 5) is 0. The second kappa shape index (κ2) is 9.16. The van der Waals surface area contributed by atoms with Gasteiger partial charge in [0.25, 0.3) is 0 Å². The fourth-order valence-electron chi connectivity index (χ4n) is 1.78. The van der Waals surface area contributed by atoms with Gasteiger partial charge in [0, 0.05) is 12.3 Å². The summed E-state index contributed by atoms with van der Waals surface area (Å²) < 4.78 is 0. The van der Waals surface area contributed by atoms with Crippen molar-refractivity contribution in [1.82, 2.24) is 0 Å². The van der Waals surface area contributed by atoms with Crippen molar-refractivity contribution < 1.29 is 5.11 Å². The molecular formula is C18H26N2O. The molecule has 1 aromatic rings. The molecule has 21 heavy (non-hydrogen) atoms. The van der Waals surface area contributed by atoms with Crippen LogP contribution in [0.1, 0.15) is 31.7 Å². The van der Waals surface area contributed by atoms with Crippen molar-refractivity contribution >= 4 is 6.08 Å². The minimum atomic E-state index is -0.404. The zero-order chi connectivity index (χ0) is 15.6. The highest BCUT2D eigenvalue weighted by Gasteiger charge is 2.18. The average Bonchev–Trinajstić information content (AvgIpc) is 2.51. The van der Waals surface area contributed by atoms with Crippen molar-refractivity contribution in [1.29, 1.82) is 0 Å². The van der Waals surface area contributed by atoms with Crippen molar-refractivity contribution in [2.24, 2.45) is 11.5 Å². The Morgan fingerprint density at radius 1 is 1.29 bits per heavy atom. The van der Waals surface area contributed by atoms with Gasteiger partial charge in [-0.3, -0.25) is 0 Å². The molecule has 3 nitrogen and oxygen atoms in total. The number of hydrogen-bond donors (Lipinski definition) is 3. The molecule has 2 rings (SSSR count). The quantitative estimate of drug-likeness (QED) is 0.796. The molecule has 0 bridgehead atoms. The van der Waals surface area contributed by atoms with E-state index >= 15 is 0 Å². The van der Waals surface area contributed by atoms with Crippen LogP contribution in [0.15, 0.2) is 60.3 Å². The highest BCUT2D eigenvalue weighted by molar-refractivity contribution is 5.52. The van der Waals surface area contributed by atoms with Gasteiger partial charge in [0.05, 0.1) is 5.54 Å². The van der Waals surface area contributed by atoms with Gasteiger partial charge in [-0.05, 0) is 24.5 Å². The molecule has 114 valence electrons. The zero-order valence-electron chi connectivity index (χ0n) is 12.7. The molecule has 0 aromatic heterocycles. The molecule has 1 aromatic carbocycles. The van der Waals surface area contributed by atoms with Gasteiger partial charge in [0.1, 0.15) is 0 Å². The molecule has 0 saturated heterocycles. The van der Waals surface area contributed by atoms with Crippen LogP contribution in [-0.2, 0) is 0 Å². The van der Waals surface area contributed by atoms with E-state index in [0.717, 1.165) is 30.5 Å². The summed E-state index contributed by atoms with van der Waals surface area (Å²) in [5.41, 5.74) is 13.4. The molecule has 1 aliphatic carbocycles. The minimum Gasteiger partial charge on any atom is -0.399 e. The summed E-state index contributed by atoms with van der Waals surface area (Å²) >= 11 is 0. The van der Waals surface area contributed by atoms with Crippen molar-refractivity contribution in [3.8, 4) is 0 Å². The highest BCUT2D eigenvalue weighted by atomic mass is 16.2. The van der Waals surface area contributed by atoms with E-state index in [9.17, 15) is 0 Å². The molecule has 0 aliphatic heterocycles. The number of unbranched alkanes of at least 4 members (excludes halogenated alkanes) is 1. The topological polar surface area (TPSA) is 72.3 Å². The molecule has 1 aliphatic rings. The molecule has 0 spiro atoms. The number of hydrogen-bond acceptors (Lipinski definition) is 3. The summed E-state index contributed by atoms with van der Waals surface area (Å²) in [5.74, 6) is 0. The van der Waals surface area contributed by atoms with Gasteiger partial charge in [-0.15, -0.1) is 0 Å². The highest BCUT2D eigenvalue weighted by Crippen LogP contribution is 2.19. The molecule has 0 saturated carbocycles. The van der Waals surface area contributed by atoms with E-state index in [1.54, 1.807) is 0 Å². The molecule has 3 heteroatoms. The van der Waals surface area contributed by atoms with E-state index in [-0.39, 0.29) is 0 Å². The van der Waals surface area contributed by atoms with Gasteiger partial charge >= 0.3 is 0 Å². The number of rotatable bonds is 4. The van der Waals surface area contributed by atoms with Crippen molar-refractivity contribution in [2.75, 3.05) is 6.61 Å². The Hall–Kier alpha value is -1.84. The van der Waals surface area contributed by atoms with Gasteiger partial charge in [0.15, 0.2) is 0 Å². The molecule has 1 unspecified atom stereocenters. The van der Waals surface area contributed by atoms with Crippen LogP contribution in [0.3, 0.4) is 0 Å². The molecule has 0 heterocycles. The summed E-state index contributed by atoms with van der Waals surface area (Å²) in [5, 5.41) is 8.07. The first kappa shape index (κ1) is 17.2. The van der Waals surface area contributed by atoms with Crippen LogP contribution in [0.4, 0.5) is 0 Å². The lowest BCUT2D eigenvalue weighted by atomic mass is 9.90. The van der Waals surface area contributed by atoms with Gasteiger partial charge in [-0.2, -0.15) is 0 Å². The Labute approximate surface area is 127 Å². The Morgan fingerprint density at radius 3 is 2.48 bits per heavy atom. The Bertz CT molecular complexity index is 489. The van der Waals surface area contributed by atoms with Crippen molar-refractivity contribution in [2.45, 2.75) is 31.7 Å². The number of aliphatic hydroxyl groups excluding tert-OH is 1. The van der Waals surface area contributed by atoms with E-state index in [4.69, 9.17) is 16.6 Å². The third kappa shape index (κ3) is 6.93. The summed E-state index contributed by atoms with van der Waals surface area (Å²) in [6.45, 7) is 2.40. The lowest BCUT2D eigenvalue weighted by Crippen LogP contribution is -2.36. The first-order valence-electron chi connectivity index (χ1n) is 7.38. The van der Waals surface area contributed by atoms with Crippen LogP contribution in [0.2, 0.25) is 0 Å². The largest absolute Gasteiger partial charge is 0.399 e. The molecule has 0 fully saturated rings. The monoisotopic (exact) mass is 286 g/mol. The summed E-state index contributed by atoms with van der Waals surface area (Å²) in [6.07, 6.45) is 12.6. The molecule has 1 atom stereocenters. The number of aliphatic hydroxyl groups is 1. The average molecular weight is 286 g/mol. The van der Waals surface area contributed by atoms with E-state index in [1.165, 1.54) is 0 Å². The second-order valence-corrected chi connectivity index (χ2v) is 5.18. The number of allylic oxidation sites excluding steroid dienone is 1. The van der Waals surface area contributed by atoms with E-state index < -0.39 is 5.54 Å². The van der Waals surface area contributed by atoms with Crippen LogP contribution < -0.4 is 11.5 Å². The third-order valence-corrected chi connectivity index (χ3v) is 3.17. The van der Waals surface area contributed by atoms with Gasteiger partial charge in [-0.1, -0.05) is 68.0 Å². The van der Waals surface area contributed by atoms with Crippen LogP contribution in [0.25, 0.3) is 6.08 Å². The zero-order valence-corrected chi connectivity index (χ0v) is 12.7. The van der Waals surface area contributed by atoms with Gasteiger partial charge in [0.2, 0.25) is 0 Å². The maximum Gasteiger partial charge on any atom is 0.0567 e.